The van der Waals surface area contributed by atoms with E-state index in [1.807, 2.05) is 18.2 Å². The Kier molecular flexibility index (Phi) is 6.84. The predicted octanol–water partition coefficient (Wildman–Crippen LogP) is 2.43. The highest BCUT2D eigenvalue weighted by molar-refractivity contribution is 5.79. The van der Waals surface area contributed by atoms with Crippen molar-refractivity contribution in [1.29, 1.82) is 0 Å². The summed E-state index contributed by atoms with van der Waals surface area (Å²) >= 11 is 0. The Hall–Kier alpha value is -1.43. The number of amides is 1. The average molecular weight is 346 g/mol. The average Bonchev–Trinajstić information content (AvgIpc) is 2.68. The van der Waals surface area contributed by atoms with Crippen LogP contribution in [0.5, 0.6) is 0 Å². The zero-order valence-electron chi connectivity index (χ0n) is 15.1. The molecule has 2 atom stereocenters. The maximum Gasteiger partial charge on any atom is 0.223 e. The van der Waals surface area contributed by atoms with Gasteiger partial charge in [0.15, 0.2) is 0 Å². The highest BCUT2D eigenvalue weighted by atomic mass is 16.5. The van der Waals surface area contributed by atoms with Crippen molar-refractivity contribution >= 4 is 5.91 Å². The van der Waals surface area contributed by atoms with Crippen molar-refractivity contribution in [3.8, 4) is 0 Å². The Labute approximate surface area is 150 Å². The molecule has 3 rings (SSSR count). The van der Waals surface area contributed by atoms with Gasteiger partial charge in [-0.2, -0.15) is 0 Å². The number of piperidine rings is 1. The second kappa shape index (κ2) is 9.32. The molecule has 5 heteroatoms. The number of ether oxygens (including phenoxy) is 2. The number of carbonyl (C=O) groups is 1. The van der Waals surface area contributed by atoms with Crippen LogP contribution in [0.1, 0.15) is 44.3 Å². The standard InChI is InChI=1S/C20H30N2O3/c1-15(22-20(23)17-7-11-21-12-8-17)19(16-5-3-2-4-6-16)25-18-9-13-24-14-10-18/h2-6,15,17-19,21H,7-14H2,1H3,(H,22,23)/t15-,19+/m0/s1. The topological polar surface area (TPSA) is 59.6 Å². The minimum Gasteiger partial charge on any atom is -0.381 e. The Morgan fingerprint density at radius 3 is 2.52 bits per heavy atom. The minimum atomic E-state index is -0.130. The van der Waals surface area contributed by atoms with E-state index < -0.39 is 0 Å². The van der Waals surface area contributed by atoms with Gasteiger partial charge in [-0.1, -0.05) is 30.3 Å². The summed E-state index contributed by atoms with van der Waals surface area (Å²) in [5.41, 5.74) is 1.12. The van der Waals surface area contributed by atoms with Crippen LogP contribution in [0.3, 0.4) is 0 Å². The van der Waals surface area contributed by atoms with E-state index in [9.17, 15) is 4.79 Å². The summed E-state index contributed by atoms with van der Waals surface area (Å²) in [5.74, 6) is 0.272. The Morgan fingerprint density at radius 2 is 1.84 bits per heavy atom. The number of rotatable bonds is 6. The molecule has 0 bridgehead atoms. The lowest BCUT2D eigenvalue weighted by Crippen LogP contribution is -2.45. The van der Waals surface area contributed by atoms with Gasteiger partial charge in [0.2, 0.25) is 5.91 Å². The van der Waals surface area contributed by atoms with Crippen LogP contribution in [-0.4, -0.2) is 44.4 Å². The van der Waals surface area contributed by atoms with Crippen LogP contribution in [0.2, 0.25) is 0 Å². The molecule has 1 aromatic carbocycles. The van der Waals surface area contributed by atoms with Gasteiger partial charge < -0.3 is 20.1 Å². The van der Waals surface area contributed by atoms with Gasteiger partial charge in [-0.05, 0) is 51.3 Å². The molecule has 0 unspecified atom stereocenters. The van der Waals surface area contributed by atoms with Crippen molar-refractivity contribution in [2.45, 2.75) is 50.9 Å². The molecule has 2 aliphatic rings. The first-order chi connectivity index (χ1) is 12.2. The number of nitrogens with one attached hydrogen (secondary N) is 2. The monoisotopic (exact) mass is 346 g/mol. The van der Waals surface area contributed by atoms with Crippen molar-refractivity contribution in [3.63, 3.8) is 0 Å². The SMILES string of the molecule is C[C@H](NC(=O)C1CCNCC1)[C@@H](OC1CCOCC1)c1ccccc1. The van der Waals surface area contributed by atoms with Gasteiger partial charge in [0.05, 0.1) is 12.1 Å². The summed E-state index contributed by atoms with van der Waals surface area (Å²) in [6, 6.07) is 10.2. The first-order valence-corrected chi connectivity index (χ1v) is 9.53. The molecule has 0 aliphatic carbocycles. The molecule has 5 nitrogen and oxygen atoms in total. The quantitative estimate of drug-likeness (QED) is 0.831. The van der Waals surface area contributed by atoms with Gasteiger partial charge >= 0.3 is 0 Å². The second-order valence-electron chi connectivity index (χ2n) is 7.10. The molecule has 138 valence electrons. The number of carbonyl (C=O) groups excluding carboxylic acids is 1. The molecule has 2 heterocycles. The fraction of sp³-hybridized carbons (Fsp3) is 0.650. The fourth-order valence-electron chi connectivity index (χ4n) is 3.65. The van der Waals surface area contributed by atoms with Gasteiger partial charge in [-0.3, -0.25) is 4.79 Å². The van der Waals surface area contributed by atoms with Crippen LogP contribution in [-0.2, 0) is 14.3 Å². The number of hydrogen-bond acceptors (Lipinski definition) is 4. The molecular formula is C20H30N2O3. The van der Waals surface area contributed by atoms with Crippen molar-refractivity contribution in [3.05, 3.63) is 35.9 Å². The summed E-state index contributed by atoms with van der Waals surface area (Å²) in [7, 11) is 0. The third-order valence-electron chi connectivity index (χ3n) is 5.17. The summed E-state index contributed by atoms with van der Waals surface area (Å²) in [6.07, 6.45) is 3.72. The lowest BCUT2D eigenvalue weighted by molar-refractivity contribution is -0.129. The molecule has 0 spiro atoms. The smallest absolute Gasteiger partial charge is 0.223 e. The van der Waals surface area contributed by atoms with Crippen molar-refractivity contribution < 1.29 is 14.3 Å². The van der Waals surface area contributed by atoms with Gasteiger partial charge in [-0.15, -0.1) is 0 Å². The Bertz CT molecular complexity index is 525. The van der Waals surface area contributed by atoms with Crippen LogP contribution in [0.15, 0.2) is 30.3 Å². The van der Waals surface area contributed by atoms with Crippen molar-refractivity contribution in [2.75, 3.05) is 26.3 Å². The van der Waals surface area contributed by atoms with Crippen LogP contribution >= 0.6 is 0 Å². The zero-order valence-corrected chi connectivity index (χ0v) is 15.1. The molecule has 25 heavy (non-hydrogen) atoms. The molecule has 2 aliphatic heterocycles. The van der Waals surface area contributed by atoms with Gasteiger partial charge in [0, 0.05) is 19.1 Å². The molecule has 0 saturated carbocycles. The summed E-state index contributed by atoms with van der Waals surface area (Å²) in [5, 5.41) is 6.52. The van der Waals surface area contributed by atoms with E-state index in [2.05, 4.69) is 29.7 Å². The summed E-state index contributed by atoms with van der Waals surface area (Å²) < 4.78 is 11.9. The molecular weight excluding hydrogens is 316 g/mol. The summed E-state index contributed by atoms with van der Waals surface area (Å²) in [6.45, 7) is 5.40. The zero-order chi connectivity index (χ0) is 17.5. The van der Waals surface area contributed by atoms with E-state index >= 15 is 0 Å². The van der Waals surface area contributed by atoms with E-state index in [-0.39, 0.29) is 30.1 Å². The predicted molar refractivity (Wildman–Crippen MR) is 97.3 cm³/mol. The maximum absolute atomic E-state index is 12.6. The third kappa shape index (κ3) is 5.27. The molecule has 1 aromatic rings. The van der Waals surface area contributed by atoms with Crippen molar-refractivity contribution in [1.82, 2.24) is 10.6 Å². The van der Waals surface area contributed by atoms with Crippen LogP contribution in [0.25, 0.3) is 0 Å². The highest BCUT2D eigenvalue weighted by Crippen LogP contribution is 2.27. The molecule has 0 radical (unpaired) electrons. The first kappa shape index (κ1) is 18.4. The lowest BCUT2D eigenvalue weighted by atomic mass is 9.96. The van der Waals surface area contributed by atoms with E-state index in [0.29, 0.717) is 0 Å². The summed E-state index contributed by atoms with van der Waals surface area (Å²) in [4.78, 5) is 12.6. The molecule has 0 aromatic heterocycles. The molecule has 2 fully saturated rings. The number of benzene rings is 1. The Balaban J connectivity index is 1.65. The van der Waals surface area contributed by atoms with Gasteiger partial charge in [0.1, 0.15) is 6.10 Å². The minimum absolute atomic E-state index is 0.0624. The fourth-order valence-corrected chi connectivity index (χ4v) is 3.65. The van der Waals surface area contributed by atoms with Gasteiger partial charge in [-0.25, -0.2) is 0 Å². The second-order valence-corrected chi connectivity index (χ2v) is 7.10. The lowest BCUT2D eigenvalue weighted by Gasteiger charge is -2.33. The number of hydrogen-bond donors (Lipinski definition) is 2. The van der Waals surface area contributed by atoms with Crippen LogP contribution in [0, 0.1) is 5.92 Å². The molecule has 1 amide bonds. The first-order valence-electron chi connectivity index (χ1n) is 9.53. The van der Waals surface area contributed by atoms with Crippen molar-refractivity contribution in [2.24, 2.45) is 5.92 Å². The Morgan fingerprint density at radius 1 is 1.16 bits per heavy atom. The maximum atomic E-state index is 12.6. The van der Waals surface area contributed by atoms with E-state index in [0.717, 1.165) is 57.6 Å². The van der Waals surface area contributed by atoms with E-state index in [1.54, 1.807) is 0 Å². The van der Waals surface area contributed by atoms with Crippen LogP contribution < -0.4 is 10.6 Å². The van der Waals surface area contributed by atoms with Gasteiger partial charge in [0.25, 0.3) is 0 Å². The van der Waals surface area contributed by atoms with E-state index in [4.69, 9.17) is 9.47 Å². The molecule has 2 N–H and O–H groups in total. The van der Waals surface area contributed by atoms with Crippen LogP contribution in [0.4, 0.5) is 0 Å². The molecule has 2 saturated heterocycles. The highest BCUT2D eigenvalue weighted by Gasteiger charge is 2.29. The normalized spacial score (nSPS) is 22.3. The largest absolute Gasteiger partial charge is 0.381 e. The third-order valence-corrected chi connectivity index (χ3v) is 5.17. The van der Waals surface area contributed by atoms with E-state index in [1.165, 1.54) is 0 Å².